The maximum atomic E-state index is 10.6. The van der Waals surface area contributed by atoms with Crippen LogP contribution in [0.5, 0.6) is 0 Å². The lowest BCUT2D eigenvalue weighted by atomic mass is 10.2. The highest BCUT2D eigenvalue weighted by molar-refractivity contribution is 7.98. The number of aryl methyl sites for hydroxylation is 1. The summed E-state index contributed by atoms with van der Waals surface area (Å²) in [7, 11) is 1.96. The molecular formula is C11H17N3O2S. The molecule has 6 heteroatoms. The van der Waals surface area contributed by atoms with Crippen LogP contribution in [0, 0.1) is 17.0 Å². The Balaban J connectivity index is 2.74. The van der Waals surface area contributed by atoms with Gasteiger partial charge in [-0.15, -0.1) is 0 Å². The molecule has 5 nitrogen and oxygen atoms in total. The van der Waals surface area contributed by atoms with E-state index < -0.39 is 4.92 Å². The minimum atomic E-state index is -0.419. The van der Waals surface area contributed by atoms with E-state index in [0.717, 1.165) is 30.1 Å². The SMILES string of the molecule is CSCCCN(C)c1ncc([N+](=O)[O-])cc1C. The summed E-state index contributed by atoms with van der Waals surface area (Å²) in [5, 5.41) is 10.6. The normalized spacial score (nSPS) is 10.3. The fraction of sp³-hybridized carbons (Fsp3) is 0.545. The van der Waals surface area contributed by atoms with Gasteiger partial charge in [-0.25, -0.2) is 4.98 Å². The molecule has 0 aliphatic heterocycles. The second-order valence-corrected chi connectivity index (χ2v) is 4.84. The highest BCUT2D eigenvalue weighted by Gasteiger charge is 2.11. The van der Waals surface area contributed by atoms with Gasteiger partial charge in [-0.2, -0.15) is 11.8 Å². The van der Waals surface area contributed by atoms with E-state index in [9.17, 15) is 10.1 Å². The van der Waals surface area contributed by atoms with Crippen molar-refractivity contribution in [2.45, 2.75) is 13.3 Å². The Morgan fingerprint density at radius 1 is 1.59 bits per heavy atom. The molecule has 1 aromatic rings. The lowest BCUT2D eigenvalue weighted by molar-refractivity contribution is -0.385. The van der Waals surface area contributed by atoms with Crippen LogP contribution in [0.15, 0.2) is 12.3 Å². The average Bonchev–Trinajstić information content (AvgIpc) is 2.28. The van der Waals surface area contributed by atoms with E-state index in [1.165, 1.54) is 6.20 Å². The predicted molar refractivity (Wildman–Crippen MR) is 71.9 cm³/mol. The monoisotopic (exact) mass is 255 g/mol. The smallest absolute Gasteiger partial charge is 0.287 e. The van der Waals surface area contributed by atoms with Crippen molar-refractivity contribution >= 4 is 23.3 Å². The quantitative estimate of drug-likeness (QED) is 0.444. The second kappa shape index (κ2) is 6.44. The van der Waals surface area contributed by atoms with Crippen LogP contribution in [-0.2, 0) is 0 Å². The van der Waals surface area contributed by atoms with Crippen LogP contribution in [0.3, 0.4) is 0 Å². The van der Waals surface area contributed by atoms with Crippen LogP contribution in [0.1, 0.15) is 12.0 Å². The van der Waals surface area contributed by atoms with Crippen LogP contribution in [0.2, 0.25) is 0 Å². The third kappa shape index (κ3) is 3.89. The molecule has 0 fully saturated rings. The van der Waals surface area contributed by atoms with Crippen molar-refractivity contribution in [3.05, 3.63) is 27.9 Å². The van der Waals surface area contributed by atoms with Crippen molar-refractivity contribution in [3.8, 4) is 0 Å². The van der Waals surface area contributed by atoms with Gasteiger partial charge in [0.05, 0.1) is 4.92 Å². The molecule has 94 valence electrons. The van der Waals surface area contributed by atoms with Gasteiger partial charge in [0.2, 0.25) is 0 Å². The van der Waals surface area contributed by atoms with E-state index in [1.54, 1.807) is 6.07 Å². The zero-order valence-corrected chi connectivity index (χ0v) is 11.2. The van der Waals surface area contributed by atoms with Crippen molar-refractivity contribution in [3.63, 3.8) is 0 Å². The van der Waals surface area contributed by atoms with Gasteiger partial charge < -0.3 is 4.90 Å². The molecule has 0 N–H and O–H groups in total. The van der Waals surface area contributed by atoms with Gasteiger partial charge in [-0.1, -0.05) is 0 Å². The Hall–Kier alpha value is -1.30. The van der Waals surface area contributed by atoms with Crippen LogP contribution < -0.4 is 4.90 Å². The molecule has 17 heavy (non-hydrogen) atoms. The summed E-state index contributed by atoms with van der Waals surface area (Å²) in [5.41, 5.74) is 0.884. The van der Waals surface area contributed by atoms with E-state index in [4.69, 9.17) is 0 Å². The van der Waals surface area contributed by atoms with Crippen LogP contribution in [0.4, 0.5) is 11.5 Å². The Kier molecular flexibility index (Phi) is 5.21. The first-order valence-electron chi connectivity index (χ1n) is 5.37. The summed E-state index contributed by atoms with van der Waals surface area (Å²) in [6.07, 6.45) is 4.47. The second-order valence-electron chi connectivity index (χ2n) is 3.86. The van der Waals surface area contributed by atoms with Gasteiger partial charge in [-0.05, 0) is 30.9 Å². The third-order valence-corrected chi connectivity index (χ3v) is 3.15. The number of nitro groups is 1. The Morgan fingerprint density at radius 2 is 2.29 bits per heavy atom. The molecule has 0 spiro atoms. The van der Waals surface area contributed by atoms with E-state index in [1.807, 2.05) is 30.6 Å². The maximum absolute atomic E-state index is 10.6. The molecule has 0 radical (unpaired) electrons. The standard InChI is InChI=1S/C11H17N3O2S/c1-9-7-10(14(15)16)8-12-11(9)13(2)5-4-6-17-3/h7-8H,4-6H2,1-3H3. The first-order chi connectivity index (χ1) is 8.06. The number of aromatic nitrogens is 1. The summed E-state index contributed by atoms with van der Waals surface area (Å²) >= 11 is 1.81. The zero-order valence-electron chi connectivity index (χ0n) is 10.3. The molecule has 1 aromatic heterocycles. The third-order valence-electron chi connectivity index (χ3n) is 2.45. The van der Waals surface area contributed by atoms with Crippen LogP contribution >= 0.6 is 11.8 Å². The summed E-state index contributed by atoms with van der Waals surface area (Å²) in [6, 6.07) is 1.56. The molecule has 0 aliphatic carbocycles. The summed E-state index contributed by atoms with van der Waals surface area (Å²) in [5.74, 6) is 1.92. The van der Waals surface area contributed by atoms with Gasteiger partial charge in [0, 0.05) is 19.7 Å². The minimum absolute atomic E-state index is 0.0452. The number of thioether (sulfide) groups is 1. The number of anilines is 1. The Labute approximate surface area is 105 Å². The Morgan fingerprint density at radius 3 is 2.82 bits per heavy atom. The van der Waals surface area contributed by atoms with Gasteiger partial charge in [-0.3, -0.25) is 10.1 Å². The topological polar surface area (TPSA) is 59.3 Å². The fourth-order valence-corrected chi connectivity index (χ4v) is 2.02. The fourth-order valence-electron chi connectivity index (χ4n) is 1.60. The Bertz CT molecular complexity index is 398. The number of pyridine rings is 1. The van der Waals surface area contributed by atoms with Crippen molar-refractivity contribution in [1.29, 1.82) is 0 Å². The van der Waals surface area contributed by atoms with Gasteiger partial charge >= 0.3 is 0 Å². The van der Waals surface area contributed by atoms with Crippen molar-refractivity contribution in [1.82, 2.24) is 4.98 Å². The zero-order chi connectivity index (χ0) is 12.8. The van der Waals surface area contributed by atoms with E-state index in [2.05, 4.69) is 11.2 Å². The molecule has 0 aromatic carbocycles. The molecule has 0 saturated carbocycles. The predicted octanol–water partition coefficient (Wildman–Crippen LogP) is 2.49. The highest BCUT2D eigenvalue weighted by Crippen LogP contribution is 2.20. The van der Waals surface area contributed by atoms with E-state index in [-0.39, 0.29) is 5.69 Å². The molecule has 0 bridgehead atoms. The van der Waals surface area contributed by atoms with Crippen molar-refractivity contribution < 1.29 is 4.92 Å². The van der Waals surface area contributed by atoms with E-state index >= 15 is 0 Å². The lowest BCUT2D eigenvalue weighted by Gasteiger charge is -2.19. The average molecular weight is 255 g/mol. The molecular weight excluding hydrogens is 238 g/mol. The molecule has 1 heterocycles. The van der Waals surface area contributed by atoms with Gasteiger partial charge in [0.1, 0.15) is 12.0 Å². The highest BCUT2D eigenvalue weighted by atomic mass is 32.2. The molecule has 0 aliphatic rings. The van der Waals surface area contributed by atoms with Gasteiger partial charge in [0.25, 0.3) is 5.69 Å². The van der Waals surface area contributed by atoms with Crippen LogP contribution in [-0.4, -0.2) is 35.5 Å². The number of hydrogen-bond acceptors (Lipinski definition) is 5. The van der Waals surface area contributed by atoms with Crippen molar-refractivity contribution in [2.75, 3.05) is 30.5 Å². The molecule has 1 rings (SSSR count). The largest absolute Gasteiger partial charge is 0.359 e. The van der Waals surface area contributed by atoms with Crippen molar-refractivity contribution in [2.24, 2.45) is 0 Å². The molecule has 0 unspecified atom stereocenters. The summed E-state index contributed by atoms with van der Waals surface area (Å²) in [6.45, 7) is 2.76. The minimum Gasteiger partial charge on any atom is -0.359 e. The van der Waals surface area contributed by atoms with Gasteiger partial charge in [0.15, 0.2) is 0 Å². The number of nitrogens with zero attached hydrogens (tertiary/aromatic N) is 3. The number of hydrogen-bond donors (Lipinski definition) is 0. The summed E-state index contributed by atoms with van der Waals surface area (Å²) in [4.78, 5) is 16.4. The van der Waals surface area contributed by atoms with E-state index in [0.29, 0.717) is 0 Å². The molecule has 0 atom stereocenters. The summed E-state index contributed by atoms with van der Waals surface area (Å²) < 4.78 is 0. The molecule has 0 saturated heterocycles. The lowest BCUT2D eigenvalue weighted by Crippen LogP contribution is -2.21. The molecule has 0 amide bonds. The number of rotatable bonds is 6. The van der Waals surface area contributed by atoms with Crippen LogP contribution in [0.25, 0.3) is 0 Å². The first kappa shape index (κ1) is 13.8. The maximum Gasteiger partial charge on any atom is 0.287 e. The first-order valence-corrected chi connectivity index (χ1v) is 6.76.